The Bertz CT molecular complexity index is 1360. The van der Waals surface area contributed by atoms with Crippen molar-refractivity contribution in [2.24, 2.45) is 0 Å². The first-order chi connectivity index (χ1) is 15.9. The van der Waals surface area contributed by atoms with Gasteiger partial charge in [0.05, 0.1) is 11.2 Å². The highest BCUT2D eigenvalue weighted by Gasteiger charge is 2.21. The maximum Gasteiger partial charge on any atom is 0.326 e. The van der Waals surface area contributed by atoms with Gasteiger partial charge in [0.2, 0.25) is 0 Å². The zero-order chi connectivity index (χ0) is 23.5. The van der Waals surface area contributed by atoms with E-state index >= 15 is 0 Å². The number of piperazine rings is 1. The average Bonchev–Trinajstić information content (AvgIpc) is 2.83. The highest BCUT2D eigenvalue weighted by Crippen LogP contribution is 2.22. The Kier molecular flexibility index (Phi) is 6.53. The number of anilines is 1. The third-order valence-electron chi connectivity index (χ3n) is 5.92. The van der Waals surface area contributed by atoms with Crippen molar-refractivity contribution >= 4 is 34.7 Å². The molecule has 33 heavy (non-hydrogen) atoms. The first-order valence-electron chi connectivity index (χ1n) is 10.8. The third-order valence-corrected chi connectivity index (χ3v) is 6.36. The number of aromatic amines is 1. The third kappa shape index (κ3) is 4.51. The fourth-order valence-electron chi connectivity index (χ4n) is 4.14. The standard InChI is InChI=1S/C23H25N7O2S/c1-3-30-22(33)16-5-4-15(12-18(16)27-23(30)32)14-28-8-10-29(11-9-28)20-7-6-17(21(31)25-2)26-19(20)13-24/h4-7,12H,3,8-11,14H2,1-2H3,(H,25,31)(H,27,32). The fraction of sp³-hybridized carbons (Fsp3) is 0.348. The summed E-state index contributed by atoms with van der Waals surface area (Å²) in [6, 6.07) is 11.6. The molecule has 2 aromatic heterocycles. The van der Waals surface area contributed by atoms with Gasteiger partial charge in [-0.05, 0) is 36.8 Å². The number of amides is 1. The summed E-state index contributed by atoms with van der Waals surface area (Å²) in [6.45, 7) is 6.30. The molecule has 0 saturated carbocycles. The summed E-state index contributed by atoms with van der Waals surface area (Å²) in [5, 5.41) is 12.9. The Morgan fingerprint density at radius 1 is 1.24 bits per heavy atom. The van der Waals surface area contributed by atoms with Gasteiger partial charge in [-0.3, -0.25) is 14.3 Å². The normalized spacial score (nSPS) is 14.3. The van der Waals surface area contributed by atoms with Gasteiger partial charge in [0.1, 0.15) is 16.4 Å². The van der Waals surface area contributed by atoms with Crippen LogP contribution in [0, 0.1) is 16.0 Å². The number of nitriles is 1. The molecule has 10 heteroatoms. The Labute approximate surface area is 196 Å². The Balaban J connectivity index is 1.46. The predicted molar refractivity (Wildman–Crippen MR) is 129 cm³/mol. The van der Waals surface area contributed by atoms with Crippen LogP contribution in [0.2, 0.25) is 0 Å². The highest BCUT2D eigenvalue weighted by atomic mass is 32.1. The average molecular weight is 464 g/mol. The second-order valence-corrected chi connectivity index (χ2v) is 8.26. The molecule has 3 heterocycles. The molecule has 1 aliphatic rings. The molecule has 0 aliphatic carbocycles. The molecule has 1 fully saturated rings. The maximum atomic E-state index is 12.3. The monoisotopic (exact) mass is 463 g/mol. The second kappa shape index (κ2) is 9.52. The van der Waals surface area contributed by atoms with Crippen molar-refractivity contribution < 1.29 is 4.79 Å². The molecule has 9 nitrogen and oxygen atoms in total. The van der Waals surface area contributed by atoms with Gasteiger partial charge in [-0.15, -0.1) is 0 Å². The van der Waals surface area contributed by atoms with Gasteiger partial charge in [-0.25, -0.2) is 9.78 Å². The Morgan fingerprint density at radius 2 is 2.00 bits per heavy atom. The zero-order valence-electron chi connectivity index (χ0n) is 18.6. The van der Waals surface area contributed by atoms with Crippen LogP contribution in [0.1, 0.15) is 28.7 Å². The summed E-state index contributed by atoms with van der Waals surface area (Å²) in [7, 11) is 1.54. The number of nitrogens with zero attached hydrogens (tertiary/aromatic N) is 5. The number of carbonyl (C=O) groups is 1. The highest BCUT2D eigenvalue weighted by molar-refractivity contribution is 7.71. The number of rotatable bonds is 5. The van der Waals surface area contributed by atoms with Crippen molar-refractivity contribution in [1.82, 2.24) is 24.8 Å². The lowest BCUT2D eigenvalue weighted by molar-refractivity contribution is 0.0958. The van der Waals surface area contributed by atoms with Gasteiger partial charge in [-0.1, -0.05) is 18.3 Å². The van der Waals surface area contributed by atoms with Gasteiger partial charge >= 0.3 is 5.69 Å². The summed E-state index contributed by atoms with van der Waals surface area (Å²) < 4.78 is 2.11. The van der Waals surface area contributed by atoms with E-state index in [1.165, 1.54) is 7.05 Å². The minimum atomic E-state index is -0.313. The molecule has 0 spiro atoms. The number of carbonyl (C=O) groups excluding carboxylic acids is 1. The number of benzene rings is 1. The van der Waals surface area contributed by atoms with Gasteiger partial charge in [0, 0.05) is 51.7 Å². The van der Waals surface area contributed by atoms with Crippen LogP contribution in [0.25, 0.3) is 10.9 Å². The maximum absolute atomic E-state index is 12.3. The number of H-pyrrole nitrogens is 1. The molecule has 0 unspecified atom stereocenters. The molecule has 0 radical (unpaired) electrons. The number of nitrogens with one attached hydrogen (secondary N) is 2. The van der Waals surface area contributed by atoms with Crippen LogP contribution < -0.4 is 15.9 Å². The van der Waals surface area contributed by atoms with E-state index in [4.69, 9.17) is 12.2 Å². The lowest BCUT2D eigenvalue weighted by Crippen LogP contribution is -2.46. The van der Waals surface area contributed by atoms with E-state index in [1.807, 2.05) is 19.1 Å². The molecule has 0 atom stereocenters. The SMILES string of the molecule is CCn1c(=O)[nH]c2cc(CN3CCN(c4ccc(C(=O)NC)nc4C#N)CC3)ccc2c1=S. The lowest BCUT2D eigenvalue weighted by atomic mass is 10.1. The zero-order valence-corrected chi connectivity index (χ0v) is 19.4. The molecule has 3 aromatic rings. The predicted octanol–water partition coefficient (Wildman–Crippen LogP) is 2.03. The summed E-state index contributed by atoms with van der Waals surface area (Å²) in [6.07, 6.45) is 0. The molecule has 2 N–H and O–H groups in total. The smallest absolute Gasteiger partial charge is 0.326 e. The van der Waals surface area contributed by atoms with E-state index in [2.05, 4.69) is 37.2 Å². The van der Waals surface area contributed by atoms with Crippen molar-refractivity contribution in [2.75, 3.05) is 38.1 Å². The first kappa shape index (κ1) is 22.6. The molecule has 1 aromatic carbocycles. The van der Waals surface area contributed by atoms with E-state index in [-0.39, 0.29) is 23.0 Å². The lowest BCUT2D eigenvalue weighted by Gasteiger charge is -2.36. The van der Waals surface area contributed by atoms with Crippen LogP contribution in [0.15, 0.2) is 35.1 Å². The molecule has 170 valence electrons. The molecule has 4 rings (SSSR count). The number of hydrogen-bond donors (Lipinski definition) is 2. The topological polar surface area (TPSA) is 110 Å². The largest absolute Gasteiger partial charge is 0.367 e. The number of fused-ring (bicyclic) bond motifs is 1. The Morgan fingerprint density at radius 3 is 2.67 bits per heavy atom. The number of pyridine rings is 1. The minimum Gasteiger partial charge on any atom is -0.367 e. The van der Waals surface area contributed by atoms with Gasteiger partial charge in [0.15, 0.2) is 5.69 Å². The molecular formula is C23H25N7O2S. The summed E-state index contributed by atoms with van der Waals surface area (Å²) in [4.78, 5) is 35.7. The summed E-state index contributed by atoms with van der Waals surface area (Å²) in [5.74, 6) is -0.313. The van der Waals surface area contributed by atoms with E-state index in [0.29, 0.717) is 11.2 Å². The molecule has 1 saturated heterocycles. The first-order valence-corrected chi connectivity index (χ1v) is 11.2. The Hall–Kier alpha value is -3.55. The van der Waals surface area contributed by atoms with Crippen molar-refractivity contribution in [3.63, 3.8) is 0 Å². The van der Waals surface area contributed by atoms with Crippen molar-refractivity contribution in [2.45, 2.75) is 20.0 Å². The van der Waals surface area contributed by atoms with Crippen LogP contribution in [0.3, 0.4) is 0 Å². The van der Waals surface area contributed by atoms with Crippen molar-refractivity contribution in [3.8, 4) is 6.07 Å². The van der Waals surface area contributed by atoms with Gasteiger partial charge in [0.25, 0.3) is 5.91 Å². The fourth-order valence-corrected chi connectivity index (χ4v) is 4.53. The summed E-state index contributed by atoms with van der Waals surface area (Å²) in [5.41, 5.74) is 2.90. The molecular weight excluding hydrogens is 438 g/mol. The van der Waals surface area contributed by atoms with Crippen LogP contribution in [-0.4, -0.2) is 58.6 Å². The van der Waals surface area contributed by atoms with Crippen molar-refractivity contribution in [3.05, 3.63) is 62.4 Å². The van der Waals surface area contributed by atoms with Crippen LogP contribution >= 0.6 is 12.2 Å². The minimum absolute atomic E-state index is 0.190. The molecule has 0 bridgehead atoms. The number of aromatic nitrogens is 3. The number of hydrogen-bond acceptors (Lipinski definition) is 7. The van der Waals surface area contributed by atoms with Gasteiger partial charge in [-0.2, -0.15) is 5.26 Å². The second-order valence-electron chi connectivity index (χ2n) is 7.88. The molecule has 1 aliphatic heterocycles. The van der Waals surface area contributed by atoms with Crippen LogP contribution in [0.4, 0.5) is 5.69 Å². The summed E-state index contributed by atoms with van der Waals surface area (Å²) >= 11 is 5.47. The van der Waals surface area contributed by atoms with Crippen LogP contribution in [0.5, 0.6) is 0 Å². The van der Waals surface area contributed by atoms with E-state index in [9.17, 15) is 14.9 Å². The quantitative estimate of drug-likeness (QED) is 0.557. The van der Waals surface area contributed by atoms with E-state index < -0.39 is 0 Å². The van der Waals surface area contributed by atoms with E-state index in [1.54, 1.807) is 16.7 Å². The van der Waals surface area contributed by atoms with E-state index in [0.717, 1.165) is 54.9 Å². The van der Waals surface area contributed by atoms with Gasteiger partial charge < -0.3 is 15.2 Å². The molecule has 1 amide bonds. The van der Waals surface area contributed by atoms with Crippen LogP contribution in [-0.2, 0) is 13.1 Å². The van der Waals surface area contributed by atoms with Crippen molar-refractivity contribution in [1.29, 1.82) is 5.26 Å².